The Morgan fingerprint density at radius 3 is 2.23 bits per heavy atom. The van der Waals surface area contributed by atoms with Crippen LogP contribution in [0.3, 0.4) is 0 Å². The molecule has 0 atom stereocenters. The predicted octanol–water partition coefficient (Wildman–Crippen LogP) is 7.52. The SMILES string of the molecule is Cc1c(C#N)cc(NS(=O)(=O)CC(=O)N(Cc2ccc(C3CCCCC3)cc2)c2ccc(C(=O)OCc3ccccc3)cc2)c(F)c1F. The van der Waals surface area contributed by atoms with Crippen LogP contribution in [-0.2, 0) is 32.7 Å². The third-order valence-electron chi connectivity index (χ3n) is 8.48. The Balaban J connectivity index is 1.37. The number of hydrogen-bond donors (Lipinski definition) is 1. The summed E-state index contributed by atoms with van der Waals surface area (Å²) in [6.07, 6.45) is 5.85. The van der Waals surface area contributed by atoms with Gasteiger partial charge >= 0.3 is 5.97 Å². The predicted molar refractivity (Wildman–Crippen MR) is 179 cm³/mol. The monoisotopic (exact) mass is 671 g/mol. The van der Waals surface area contributed by atoms with Gasteiger partial charge in [0.1, 0.15) is 12.4 Å². The van der Waals surface area contributed by atoms with Crippen molar-refractivity contribution < 1.29 is 31.5 Å². The highest BCUT2D eigenvalue weighted by Gasteiger charge is 2.26. The zero-order chi connectivity index (χ0) is 34.3. The van der Waals surface area contributed by atoms with Crippen LogP contribution in [0.2, 0.25) is 0 Å². The minimum absolute atomic E-state index is 0.00318. The van der Waals surface area contributed by atoms with E-state index in [2.05, 4.69) is 0 Å². The average Bonchev–Trinajstić information content (AvgIpc) is 3.10. The van der Waals surface area contributed by atoms with Crippen LogP contribution in [0.15, 0.2) is 84.9 Å². The molecule has 1 saturated carbocycles. The van der Waals surface area contributed by atoms with Gasteiger partial charge in [-0.2, -0.15) is 5.26 Å². The van der Waals surface area contributed by atoms with Crippen LogP contribution in [-0.4, -0.2) is 26.0 Å². The van der Waals surface area contributed by atoms with Crippen LogP contribution in [0.25, 0.3) is 0 Å². The Hall–Kier alpha value is -5.08. The first-order chi connectivity index (χ1) is 23.0. The molecule has 1 aliphatic rings. The van der Waals surface area contributed by atoms with Crippen molar-refractivity contribution in [2.24, 2.45) is 0 Å². The Morgan fingerprint density at radius 2 is 1.58 bits per heavy atom. The first-order valence-electron chi connectivity index (χ1n) is 15.6. The van der Waals surface area contributed by atoms with E-state index in [4.69, 9.17) is 4.74 Å². The molecule has 48 heavy (non-hydrogen) atoms. The molecule has 1 amide bonds. The molecule has 1 fully saturated rings. The maximum Gasteiger partial charge on any atom is 0.338 e. The summed E-state index contributed by atoms with van der Waals surface area (Å²) in [6.45, 7) is 1.28. The first kappa shape index (κ1) is 34.3. The van der Waals surface area contributed by atoms with Crippen LogP contribution >= 0.6 is 0 Å². The summed E-state index contributed by atoms with van der Waals surface area (Å²) in [6, 6.07) is 25.6. The fourth-order valence-corrected chi connectivity index (χ4v) is 6.81. The lowest BCUT2D eigenvalue weighted by molar-refractivity contribution is -0.116. The quantitative estimate of drug-likeness (QED) is 0.165. The number of anilines is 2. The van der Waals surface area contributed by atoms with E-state index in [9.17, 15) is 32.0 Å². The standard InChI is InChI=1S/C37H35F2N3O5S/c1-25-31(21-40)20-33(36(39)35(25)38)41-48(45,46)24-34(43)42(22-26-12-14-29(15-13-26)28-10-6-3-7-11-28)32-18-16-30(17-19-32)37(44)47-23-27-8-4-2-5-9-27/h2,4-5,8-9,12-20,28,41H,3,6-7,10-11,22-24H2,1H3. The number of esters is 1. The van der Waals surface area contributed by atoms with Gasteiger partial charge in [0.2, 0.25) is 15.9 Å². The number of halogens is 2. The number of sulfonamides is 1. The molecule has 0 spiro atoms. The van der Waals surface area contributed by atoms with E-state index >= 15 is 0 Å². The molecule has 1 aliphatic carbocycles. The molecule has 0 radical (unpaired) electrons. The molecule has 8 nitrogen and oxygen atoms in total. The molecular weight excluding hydrogens is 636 g/mol. The van der Waals surface area contributed by atoms with Gasteiger partial charge in [0.05, 0.1) is 29.4 Å². The molecule has 4 aromatic carbocycles. The molecular formula is C37H35F2N3O5S. The van der Waals surface area contributed by atoms with Gasteiger partial charge in [-0.05, 0) is 72.7 Å². The number of carbonyl (C=O) groups excluding carboxylic acids is 2. The average molecular weight is 672 g/mol. The Morgan fingerprint density at radius 1 is 0.917 bits per heavy atom. The summed E-state index contributed by atoms with van der Waals surface area (Å²) < 4.78 is 62.5. The first-order valence-corrected chi connectivity index (χ1v) is 17.3. The molecule has 0 heterocycles. The zero-order valence-corrected chi connectivity index (χ0v) is 27.2. The van der Waals surface area contributed by atoms with Gasteiger partial charge in [-0.25, -0.2) is 22.0 Å². The van der Waals surface area contributed by atoms with Crippen molar-refractivity contribution in [3.05, 3.63) is 130 Å². The van der Waals surface area contributed by atoms with Crippen molar-refractivity contribution >= 4 is 33.3 Å². The molecule has 0 unspecified atom stereocenters. The summed E-state index contributed by atoms with van der Waals surface area (Å²) in [5, 5.41) is 9.26. The number of hydrogen-bond acceptors (Lipinski definition) is 6. The van der Waals surface area contributed by atoms with Crippen molar-refractivity contribution in [3.63, 3.8) is 0 Å². The zero-order valence-electron chi connectivity index (χ0n) is 26.4. The normalized spacial score (nSPS) is 13.4. The van der Waals surface area contributed by atoms with E-state index in [0.29, 0.717) is 11.6 Å². The highest BCUT2D eigenvalue weighted by atomic mass is 32.2. The van der Waals surface area contributed by atoms with E-state index in [-0.39, 0.29) is 29.8 Å². The third-order valence-corrected chi connectivity index (χ3v) is 9.63. The molecule has 0 bridgehead atoms. The summed E-state index contributed by atoms with van der Waals surface area (Å²) in [5.74, 6) is -4.90. The third kappa shape index (κ3) is 8.44. The summed E-state index contributed by atoms with van der Waals surface area (Å²) in [5.41, 5.74) is 2.03. The fourth-order valence-electron chi connectivity index (χ4n) is 5.77. The van der Waals surface area contributed by atoms with Crippen LogP contribution in [0, 0.1) is 29.9 Å². The number of nitrogens with zero attached hydrogens (tertiary/aromatic N) is 2. The molecule has 11 heteroatoms. The number of carbonyl (C=O) groups is 2. The van der Waals surface area contributed by atoms with Crippen molar-refractivity contribution in [1.82, 2.24) is 0 Å². The molecule has 5 rings (SSSR count). The van der Waals surface area contributed by atoms with Gasteiger partial charge < -0.3 is 9.64 Å². The van der Waals surface area contributed by atoms with Crippen LogP contribution in [0.1, 0.15) is 76.2 Å². The summed E-state index contributed by atoms with van der Waals surface area (Å²) in [7, 11) is -4.56. The Kier molecular flexibility index (Phi) is 10.9. The van der Waals surface area contributed by atoms with Crippen molar-refractivity contribution in [2.75, 3.05) is 15.4 Å². The molecule has 0 saturated heterocycles. The van der Waals surface area contributed by atoms with Crippen molar-refractivity contribution in [2.45, 2.75) is 58.1 Å². The summed E-state index contributed by atoms with van der Waals surface area (Å²) in [4.78, 5) is 27.6. The van der Waals surface area contributed by atoms with Gasteiger partial charge in [0.15, 0.2) is 11.6 Å². The van der Waals surface area contributed by atoms with E-state index in [0.717, 1.165) is 30.0 Å². The van der Waals surface area contributed by atoms with Crippen molar-refractivity contribution in [3.8, 4) is 6.07 Å². The van der Waals surface area contributed by atoms with Crippen LogP contribution in [0.5, 0.6) is 0 Å². The lowest BCUT2D eigenvalue weighted by atomic mass is 9.84. The minimum Gasteiger partial charge on any atom is -0.457 e. The summed E-state index contributed by atoms with van der Waals surface area (Å²) >= 11 is 0. The molecule has 0 aliphatic heterocycles. The Labute approximate surface area is 279 Å². The van der Waals surface area contributed by atoms with E-state index < -0.39 is 45.0 Å². The number of rotatable bonds is 11. The van der Waals surface area contributed by atoms with E-state index in [1.54, 1.807) is 6.07 Å². The van der Waals surface area contributed by atoms with Gasteiger partial charge in [-0.3, -0.25) is 9.52 Å². The van der Waals surface area contributed by atoms with Gasteiger partial charge in [0, 0.05) is 11.3 Å². The second-order valence-corrected chi connectivity index (χ2v) is 13.6. The highest BCUT2D eigenvalue weighted by molar-refractivity contribution is 7.93. The Bertz CT molecular complexity index is 1920. The van der Waals surface area contributed by atoms with Gasteiger partial charge in [0.25, 0.3) is 0 Å². The van der Waals surface area contributed by atoms with Crippen LogP contribution in [0.4, 0.5) is 20.2 Å². The number of amides is 1. The maximum atomic E-state index is 14.6. The number of nitriles is 1. The topological polar surface area (TPSA) is 117 Å². The van der Waals surface area contributed by atoms with Gasteiger partial charge in [-0.15, -0.1) is 0 Å². The van der Waals surface area contributed by atoms with E-state index in [1.807, 2.05) is 59.3 Å². The molecule has 4 aromatic rings. The smallest absolute Gasteiger partial charge is 0.338 e. The highest BCUT2D eigenvalue weighted by Crippen LogP contribution is 2.33. The lowest BCUT2D eigenvalue weighted by Crippen LogP contribution is -2.37. The van der Waals surface area contributed by atoms with Crippen LogP contribution < -0.4 is 9.62 Å². The fraction of sp³-hybridized carbons (Fsp3) is 0.270. The molecule has 1 N–H and O–H groups in total. The second kappa shape index (κ2) is 15.2. The maximum absolute atomic E-state index is 14.6. The number of benzene rings is 4. The second-order valence-electron chi connectivity index (χ2n) is 11.9. The molecule has 0 aromatic heterocycles. The minimum atomic E-state index is -4.56. The number of ether oxygens (including phenoxy) is 1. The number of nitrogens with one attached hydrogen (secondary N) is 1. The van der Waals surface area contributed by atoms with E-state index in [1.165, 1.54) is 60.9 Å². The van der Waals surface area contributed by atoms with Gasteiger partial charge in [-0.1, -0.05) is 73.9 Å². The largest absolute Gasteiger partial charge is 0.457 e. The molecule has 248 valence electrons. The van der Waals surface area contributed by atoms with Crippen molar-refractivity contribution in [1.29, 1.82) is 5.26 Å². The lowest BCUT2D eigenvalue weighted by Gasteiger charge is -2.25.